The minimum atomic E-state index is -0.0895. The SMILES string of the molecule is Oc1ccc2ccccc2c1-c1c(OCOc2ccc3ccccc3c2-c2c(O)ccc3ccccc23)ccc2ccccc12. The summed E-state index contributed by atoms with van der Waals surface area (Å²) in [7, 11) is 0. The number of ether oxygens (including phenoxy) is 2. The lowest BCUT2D eigenvalue weighted by molar-refractivity contribution is 0.121. The molecule has 8 aromatic rings. The predicted molar refractivity (Wildman–Crippen MR) is 183 cm³/mol. The van der Waals surface area contributed by atoms with Crippen LogP contribution >= 0.6 is 0 Å². The summed E-state index contributed by atoms with van der Waals surface area (Å²) >= 11 is 0. The maximum Gasteiger partial charge on any atom is 0.230 e. The van der Waals surface area contributed by atoms with Gasteiger partial charge in [-0.1, -0.05) is 121 Å². The third-order valence-corrected chi connectivity index (χ3v) is 8.52. The van der Waals surface area contributed by atoms with Gasteiger partial charge in [-0.2, -0.15) is 0 Å². The van der Waals surface area contributed by atoms with Crippen LogP contribution in [0.4, 0.5) is 0 Å². The quantitative estimate of drug-likeness (QED) is 0.191. The average molecular weight is 585 g/mol. The molecular weight excluding hydrogens is 556 g/mol. The van der Waals surface area contributed by atoms with Crippen molar-refractivity contribution in [2.75, 3.05) is 6.79 Å². The molecule has 0 spiro atoms. The molecule has 0 heterocycles. The van der Waals surface area contributed by atoms with Crippen LogP contribution < -0.4 is 9.47 Å². The number of hydrogen-bond acceptors (Lipinski definition) is 4. The minimum absolute atomic E-state index is 0.0895. The Balaban J connectivity index is 1.25. The van der Waals surface area contributed by atoms with Gasteiger partial charge in [-0.25, -0.2) is 0 Å². The second-order valence-corrected chi connectivity index (χ2v) is 11.1. The summed E-state index contributed by atoms with van der Waals surface area (Å²) in [6.45, 7) is -0.0895. The van der Waals surface area contributed by atoms with Crippen molar-refractivity contribution in [3.63, 3.8) is 0 Å². The number of phenolic OH excluding ortho intramolecular Hbond substituents is 2. The summed E-state index contributed by atoms with van der Waals surface area (Å²) in [5.41, 5.74) is 3.03. The molecular formula is C41H28O4. The van der Waals surface area contributed by atoms with Crippen LogP contribution in [0.2, 0.25) is 0 Å². The van der Waals surface area contributed by atoms with Gasteiger partial charge in [-0.05, 0) is 67.4 Å². The lowest BCUT2D eigenvalue weighted by Gasteiger charge is -2.19. The Kier molecular flexibility index (Phi) is 6.46. The monoisotopic (exact) mass is 584 g/mol. The fourth-order valence-electron chi connectivity index (χ4n) is 6.46. The number of benzene rings is 8. The molecule has 0 unspecified atom stereocenters. The molecule has 0 radical (unpaired) electrons. The average Bonchev–Trinajstić information content (AvgIpc) is 3.08. The van der Waals surface area contributed by atoms with Crippen molar-refractivity contribution < 1.29 is 19.7 Å². The lowest BCUT2D eigenvalue weighted by Crippen LogP contribution is -2.08. The van der Waals surface area contributed by atoms with E-state index in [1.807, 2.05) is 121 Å². The van der Waals surface area contributed by atoms with Crippen LogP contribution in [-0.2, 0) is 0 Å². The molecule has 0 bridgehead atoms. The molecule has 45 heavy (non-hydrogen) atoms. The lowest BCUT2D eigenvalue weighted by atomic mass is 9.92. The number of phenols is 2. The van der Waals surface area contributed by atoms with Crippen molar-refractivity contribution in [3.05, 3.63) is 146 Å². The van der Waals surface area contributed by atoms with E-state index in [1.165, 1.54) is 0 Å². The Morgan fingerprint density at radius 1 is 0.333 bits per heavy atom. The summed E-state index contributed by atoms with van der Waals surface area (Å²) in [6, 6.07) is 47.5. The van der Waals surface area contributed by atoms with E-state index in [4.69, 9.17) is 9.47 Å². The molecule has 0 amide bonds. The van der Waals surface area contributed by atoms with Gasteiger partial charge in [0.1, 0.15) is 23.0 Å². The highest BCUT2D eigenvalue weighted by atomic mass is 16.7. The molecule has 0 aromatic heterocycles. The van der Waals surface area contributed by atoms with Gasteiger partial charge in [-0.3, -0.25) is 0 Å². The van der Waals surface area contributed by atoms with Gasteiger partial charge in [0.25, 0.3) is 0 Å². The van der Waals surface area contributed by atoms with Crippen molar-refractivity contribution in [2.45, 2.75) is 0 Å². The minimum Gasteiger partial charge on any atom is -0.507 e. The largest absolute Gasteiger partial charge is 0.507 e. The highest BCUT2D eigenvalue weighted by Gasteiger charge is 2.20. The smallest absolute Gasteiger partial charge is 0.230 e. The second kappa shape index (κ2) is 10.9. The summed E-state index contributed by atoms with van der Waals surface area (Å²) in [5, 5.41) is 30.4. The summed E-state index contributed by atoms with van der Waals surface area (Å²) in [6.07, 6.45) is 0. The van der Waals surface area contributed by atoms with Gasteiger partial charge in [0.2, 0.25) is 6.79 Å². The summed E-state index contributed by atoms with van der Waals surface area (Å²) < 4.78 is 12.9. The van der Waals surface area contributed by atoms with Crippen molar-refractivity contribution >= 4 is 43.1 Å². The van der Waals surface area contributed by atoms with Crippen LogP contribution in [0.25, 0.3) is 65.3 Å². The Hall–Kier alpha value is -6.00. The van der Waals surface area contributed by atoms with Crippen LogP contribution in [0.5, 0.6) is 23.0 Å². The van der Waals surface area contributed by atoms with E-state index in [1.54, 1.807) is 12.1 Å². The third-order valence-electron chi connectivity index (χ3n) is 8.52. The highest BCUT2D eigenvalue weighted by molar-refractivity contribution is 6.11. The molecule has 8 aromatic carbocycles. The molecule has 0 aliphatic carbocycles. The Labute approximate surface area is 260 Å². The summed E-state index contributed by atoms with van der Waals surface area (Å²) in [5.74, 6) is 1.55. The molecule has 0 atom stereocenters. The van der Waals surface area contributed by atoms with Crippen molar-refractivity contribution in [1.29, 1.82) is 0 Å². The first-order valence-electron chi connectivity index (χ1n) is 14.9. The van der Waals surface area contributed by atoms with Gasteiger partial charge >= 0.3 is 0 Å². The van der Waals surface area contributed by atoms with E-state index in [0.717, 1.165) is 54.2 Å². The van der Waals surface area contributed by atoms with E-state index in [-0.39, 0.29) is 18.3 Å². The molecule has 0 aliphatic heterocycles. The molecule has 2 N–H and O–H groups in total. The first-order valence-corrected chi connectivity index (χ1v) is 14.9. The van der Waals surface area contributed by atoms with E-state index < -0.39 is 0 Å². The van der Waals surface area contributed by atoms with Gasteiger partial charge < -0.3 is 19.7 Å². The Morgan fingerprint density at radius 2 is 0.644 bits per heavy atom. The van der Waals surface area contributed by atoms with Crippen LogP contribution in [0.15, 0.2) is 146 Å². The zero-order valence-corrected chi connectivity index (χ0v) is 24.3. The molecule has 0 fully saturated rings. The van der Waals surface area contributed by atoms with Gasteiger partial charge in [0, 0.05) is 22.3 Å². The zero-order chi connectivity index (χ0) is 30.3. The fraction of sp³-hybridized carbons (Fsp3) is 0.0244. The van der Waals surface area contributed by atoms with Gasteiger partial charge in [-0.15, -0.1) is 0 Å². The van der Waals surface area contributed by atoms with Crippen molar-refractivity contribution in [2.24, 2.45) is 0 Å². The number of fused-ring (bicyclic) bond motifs is 4. The van der Waals surface area contributed by atoms with Crippen molar-refractivity contribution in [1.82, 2.24) is 0 Å². The highest BCUT2D eigenvalue weighted by Crippen LogP contribution is 2.47. The first-order chi connectivity index (χ1) is 22.2. The van der Waals surface area contributed by atoms with Crippen LogP contribution in [-0.4, -0.2) is 17.0 Å². The molecule has 4 nitrogen and oxygen atoms in total. The maximum absolute atomic E-state index is 11.2. The van der Waals surface area contributed by atoms with Crippen molar-refractivity contribution in [3.8, 4) is 45.3 Å². The molecule has 8 rings (SSSR count). The molecule has 0 aliphatic rings. The van der Waals surface area contributed by atoms with E-state index in [2.05, 4.69) is 12.1 Å². The second-order valence-electron chi connectivity index (χ2n) is 11.1. The fourth-order valence-corrected chi connectivity index (χ4v) is 6.46. The topological polar surface area (TPSA) is 58.9 Å². The van der Waals surface area contributed by atoms with E-state index in [0.29, 0.717) is 22.6 Å². The Morgan fingerprint density at radius 3 is 1.02 bits per heavy atom. The number of hydrogen-bond donors (Lipinski definition) is 2. The molecule has 0 saturated heterocycles. The van der Waals surface area contributed by atoms with Crippen LogP contribution in [0, 0.1) is 0 Å². The molecule has 4 heteroatoms. The Bertz CT molecular complexity index is 2220. The van der Waals surface area contributed by atoms with E-state index in [9.17, 15) is 10.2 Å². The maximum atomic E-state index is 11.2. The standard InChI is InChI=1S/C41H28O4/c42-34-21-17-26-9-1-5-13-30(26)38(34)40-32-15-7-3-11-28(32)19-23-36(40)44-25-45-37-24-20-29-12-4-8-16-33(29)41(37)39-31-14-6-2-10-27(31)18-22-35(39)43/h1-24,42-43H,25H2. The normalized spacial score (nSPS) is 11.4. The summed E-state index contributed by atoms with van der Waals surface area (Å²) in [4.78, 5) is 0. The zero-order valence-electron chi connectivity index (χ0n) is 24.3. The third kappa shape index (κ3) is 4.55. The van der Waals surface area contributed by atoms with Gasteiger partial charge in [0.05, 0.1) is 0 Å². The van der Waals surface area contributed by atoms with Crippen LogP contribution in [0.1, 0.15) is 0 Å². The number of aromatic hydroxyl groups is 2. The predicted octanol–water partition coefficient (Wildman–Crippen LogP) is 10.5. The van der Waals surface area contributed by atoms with Gasteiger partial charge in [0.15, 0.2) is 0 Å². The van der Waals surface area contributed by atoms with Crippen LogP contribution in [0.3, 0.4) is 0 Å². The molecule has 0 saturated carbocycles. The number of rotatable bonds is 6. The van der Waals surface area contributed by atoms with E-state index >= 15 is 0 Å². The first kappa shape index (κ1) is 26.6. The molecule has 216 valence electrons.